The highest BCUT2D eigenvalue weighted by molar-refractivity contribution is 5.39. The van der Waals surface area contributed by atoms with E-state index in [0.717, 1.165) is 13.0 Å². The second-order valence-electron chi connectivity index (χ2n) is 5.34. The summed E-state index contributed by atoms with van der Waals surface area (Å²) in [5.74, 6) is 1.84. The molecule has 0 spiro atoms. The van der Waals surface area contributed by atoms with Gasteiger partial charge in [-0.15, -0.1) is 5.10 Å². The topological polar surface area (TPSA) is 73.0 Å². The standard InChI is InChI=1S/C16H20N4O2/c1-12(2)8-9-20-14(13(10-17)18-19-20)11-22-16-7-5-4-6-15(16)21-3/h4-7,12H,8-9,11H2,1-3H3. The van der Waals surface area contributed by atoms with Crippen molar-refractivity contribution in [3.63, 3.8) is 0 Å². The predicted molar refractivity (Wildman–Crippen MR) is 81.5 cm³/mol. The quantitative estimate of drug-likeness (QED) is 0.786. The van der Waals surface area contributed by atoms with E-state index >= 15 is 0 Å². The molecule has 6 nitrogen and oxygen atoms in total. The minimum absolute atomic E-state index is 0.231. The summed E-state index contributed by atoms with van der Waals surface area (Å²) in [6.45, 7) is 5.24. The molecule has 0 radical (unpaired) electrons. The van der Waals surface area contributed by atoms with Gasteiger partial charge < -0.3 is 9.47 Å². The number of nitriles is 1. The molecule has 22 heavy (non-hydrogen) atoms. The summed E-state index contributed by atoms with van der Waals surface area (Å²) < 4.78 is 12.8. The fourth-order valence-electron chi connectivity index (χ4n) is 2.01. The van der Waals surface area contributed by atoms with Crippen molar-refractivity contribution in [2.75, 3.05) is 7.11 Å². The first-order valence-electron chi connectivity index (χ1n) is 7.24. The summed E-state index contributed by atoms with van der Waals surface area (Å²) in [5.41, 5.74) is 0.993. The monoisotopic (exact) mass is 300 g/mol. The van der Waals surface area contributed by atoms with Crippen LogP contribution in [0.5, 0.6) is 11.5 Å². The molecule has 0 aliphatic rings. The summed E-state index contributed by atoms with van der Waals surface area (Å²) in [6.07, 6.45) is 0.968. The molecule has 1 aromatic heterocycles. The average molecular weight is 300 g/mol. The summed E-state index contributed by atoms with van der Waals surface area (Å²) in [4.78, 5) is 0. The molecule has 0 N–H and O–H groups in total. The van der Waals surface area contributed by atoms with E-state index in [-0.39, 0.29) is 6.61 Å². The number of para-hydroxylation sites is 2. The lowest BCUT2D eigenvalue weighted by Crippen LogP contribution is -2.10. The molecule has 6 heteroatoms. The van der Waals surface area contributed by atoms with Crippen LogP contribution >= 0.6 is 0 Å². The third kappa shape index (κ3) is 3.76. The van der Waals surface area contributed by atoms with Gasteiger partial charge in [0.25, 0.3) is 0 Å². The first kappa shape index (κ1) is 15.8. The van der Waals surface area contributed by atoms with Crippen LogP contribution in [0.4, 0.5) is 0 Å². The van der Waals surface area contributed by atoms with Crippen LogP contribution < -0.4 is 9.47 Å². The lowest BCUT2D eigenvalue weighted by molar-refractivity contribution is 0.271. The van der Waals surface area contributed by atoms with E-state index in [9.17, 15) is 0 Å². The predicted octanol–water partition coefficient (Wildman–Crippen LogP) is 2.78. The molecule has 0 unspecified atom stereocenters. The van der Waals surface area contributed by atoms with Crippen molar-refractivity contribution in [3.05, 3.63) is 35.7 Å². The zero-order chi connectivity index (χ0) is 15.9. The van der Waals surface area contributed by atoms with Crippen molar-refractivity contribution in [1.82, 2.24) is 15.0 Å². The molecule has 0 fully saturated rings. The molecule has 116 valence electrons. The highest BCUT2D eigenvalue weighted by Gasteiger charge is 2.14. The third-order valence-corrected chi connectivity index (χ3v) is 3.30. The van der Waals surface area contributed by atoms with Gasteiger partial charge in [-0.25, -0.2) is 4.68 Å². The Kier molecular flexibility index (Phi) is 5.37. The van der Waals surface area contributed by atoms with E-state index in [1.165, 1.54) is 0 Å². The Balaban J connectivity index is 2.14. The van der Waals surface area contributed by atoms with Gasteiger partial charge in [-0.1, -0.05) is 31.2 Å². The zero-order valence-electron chi connectivity index (χ0n) is 13.1. The van der Waals surface area contributed by atoms with Gasteiger partial charge in [-0.3, -0.25) is 0 Å². The van der Waals surface area contributed by atoms with Crippen LogP contribution in [0.3, 0.4) is 0 Å². The highest BCUT2D eigenvalue weighted by Crippen LogP contribution is 2.26. The van der Waals surface area contributed by atoms with Crippen molar-refractivity contribution < 1.29 is 9.47 Å². The van der Waals surface area contributed by atoms with E-state index in [1.54, 1.807) is 11.8 Å². The molecule has 0 aliphatic carbocycles. The molecule has 1 heterocycles. The van der Waals surface area contributed by atoms with E-state index in [2.05, 4.69) is 30.2 Å². The molecule has 0 saturated carbocycles. The Morgan fingerprint density at radius 3 is 2.64 bits per heavy atom. The molecule has 0 aliphatic heterocycles. The van der Waals surface area contributed by atoms with Crippen molar-refractivity contribution >= 4 is 0 Å². The lowest BCUT2D eigenvalue weighted by Gasteiger charge is -2.12. The smallest absolute Gasteiger partial charge is 0.189 e. The van der Waals surface area contributed by atoms with E-state index < -0.39 is 0 Å². The van der Waals surface area contributed by atoms with E-state index in [4.69, 9.17) is 14.7 Å². The second-order valence-corrected chi connectivity index (χ2v) is 5.34. The Morgan fingerprint density at radius 1 is 1.27 bits per heavy atom. The van der Waals surface area contributed by atoms with Crippen LogP contribution in [0, 0.1) is 17.2 Å². The lowest BCUT2D eigenvalue weighted by atomic mass is 10.1. The van der Waals surface area contributed by atoms with Gasteiger partial charge in [0, 0.05) is 6.54 Å². The van der Waals surface area contributed by atoms with Crippen molar-refractivity contribution in [2.45, 2.75) is 33.4 Å². The maximum Gasteiger partial charge on any atom is 0.189 e. The van der Waals surface area contributed by atoms with Crippen molar-refractivity contribution in [3.8, 4) is 17.6 Å². The number of ether oxygens (including phenoxy) is 2. The minimum Gasteiger partial charge on any atom is -0.493 e. The molecule has 0 bridgehead atoms. The molecular weight excluding hydrogens is 280 g/mol. The number of hydrogen-bond donors (Lipinski definition) is 0. The maximum absolute atomic E-state index is 9.16. The molecule has 0 saturated heterocycles. The van der Waals surface area contributed by atoms with E-state index in [0.29, 0.717) is 28.8 Å². The molecule has 0 atom stereocenters. The number of aromatic nitrogens is 3. The summed E-state index contributed by atoms with van der Waals surface area (Å²) >= 11 is 0. The number of hydrogen-bond acceptors (Lipinski definition) is 5. The Labute approximate surface area is 130 Å². The van der Waals surface area contributed by atoms with Crippen LogP contribution in [0.2, 0.25) is 0 Å². The van der Waals surface area contributed by atoms with Gasteiger partial charge >= 0.3 is 0 Å². The van der Waals surface area contributed by atoms with Gasteiger partial charge in [0.15, 0.2) is 17.2 Å². The van der Waals surface area contributed by atoms with Gasteiger partial charge in [-0.05, 0) is 24.5 Å². The van der Waals surface area contributed by atoms with Gasteiger partial charge in [0.1, 0.15) is 18.4 Å². The Morgan fingerprint density at radius 2 is 2.00 bits per heavy atom. The van der Waals surface area contributed by atoms with Crippen molar-refractivity contribution in [2.24, 2.45) is 5.92 Å². The fraction of sp³-hybridized carbons (Fsp3) is 0.438. The van der Waals surface area contributed by atoms with Gasteiger partial charge in [-0.2, -0.15) is 5.26 Å². The Hall–Kier alpha value is -2.55. The molecule has 2 rings (SSSR count). The van der Waals surface area contributed by atoms with Crippen molar-refractivity contribution in [1.29, 1.82) is 5.26 Å². The number of aryl methyl sites for hydroxylation is 1. The number of methoxy groups -OCH3 is 1. The number of rotatable bonds is 7. The average Bonchev–Trinajstić information content (AvgIpc) is 2.93. The normalized spacial score (nSPS) is 10.5. The summed E-state index contributed by atoms with van der Waals surface area (Å²) in [5, 5.41) is 17.1. The van der Waals surface area contributed by atoms with E-state index in [1.807, 2.05) is 24.3 Å². The van der Waals surface area contributed by atoms with Crippen LogP contribution in [-0.4, -0.2) is 22.1 Å². The third-order valence-electron chi connectivity index (χ3n) is 3.30. The van der Waals surface area contributed by atoms with Crippen LogP contribution in [0.15, 0.2) is 24.3 Å². The minimum atomic E-state index is 0.231. The molecule has 1 aromatic carbocycles. The fourth-order valence-corrected chi connectivity index (χ4v) is 2.01. The summed E-state index contributed by atoms with van der Waals surface area (Å²) in [6, 6.07) is 9.47. The zero-order valence-corrected chi connectivity index (χ0v) is 13.1. The molecule has 0 amide bonds. The number of nitrogens with zero attached hydrogens (tertiary/aromatic N) is 4. The van der Waals surface area contributed by atoms with Crippen LogP contribution in [0.25, 0.3) is 0 Å². The SMILES string of the molecule is COc1ccccc1OCc1c(C#N)nnn1CCC(C)C. The maximum atomic E-state index is 9.16. The second kappa shape index (κ2) is 7.46. The molecule has 2 aromatic rings. The first-order valence-corrected chi connectivity index (χ1v) is 7.24. The van der Waals surface area contributed by atoms with Gasteiger partial charge in [0.2, 0.25) is 0 Å². The molecular formula is C16H20N4O2. The highest BCUT2D eigenvalue weighted by atomic mass is 16.5. The van der Waals surface area contributed by atoms with Crippen LogP contribution in [-0.2, 0) is 13.2 Å². The van der Waals surface area contributed by atoms with Gasteiger partial charge in [0.05, 0.1) is 7.11 Å². The largest absolute Gasteiger partial charge is 0.493 e. The van der Waals surface area contributed by atoms with Crippen LogP contribution in [0.1, 0.15) is 31.7 Å². The number of benzene rings is 1. The summed E-state index contributed by atoms with van der Waals surface area (Å²) in [7, 11) is 1.59. The Bertz CT molecular complexity index is 658. The first-order chi connectivity index (χ1) is 10.7.